The molecule has 0 saturated carbocycles. The van der Waals surface area contributed by atoms with Gasteiger partial charge in [-0.3, -0.25) is 4.72 Å². The second-order valence-electron chi connectivity index (χ2n) is 6.57. The molecule has 0 spiro atoms. The van der Waals surface area contributed by atoms with Gasteiger partial charge in [-0.1, -0.05) is 19.9 Å². The first-order valence-corrected chi connectivity index (χ1v) is 10.5. The number of carboxylic acids is 1. The summed E-state index contributed by atoms with van der Waals surface area (Å²) < 4.78 is 29.2. The van der Waals surface area contributed by atoms with Crippen LogP contribution in [0.5, 0.6) is 5.75 Å². The summed E-state index contributed by atoms with van der Waals surface area (Å²) in [6, 6.07) is 9.48. The van der Waals surface area contributed by atoms with Crippen LogP contribution in [0, 0.1) is 6.92 Å². The van der Waals surface area contributed by atoms with Crippen molar-refractivity contribution in [1.82, 2.24) is 0 Å². The van der Waals surface area contributed by atoms with Crippen LogP contribution < -0.4 is 4.72 Å². The van der Waals surface area contributed by atoms with Crippen molar-refractivity contribution in [3.05, 3.63) is 53.1 Å². The van der Waals surface area contributed by atoms with Crippen molar-refractivity contribution in [3.63, 3.8) is 0 Å². The Hall–Kier alpha value is -2.58. The van der Waals surface area contributed by atoms with Crippen molar-refractivity contribution < 1.29 is 23.4 Å². The number of sulfonamides is 1. The maximum Gasteiger partial charge on any atom is 0.339 e. The van der Waals surface area contributed by atoms with Crippen LogP contribution in [-0.4, -0.2) is 24.6 Å². The maximum absolute atomic E-state index is 12.8. The molecule has 0 aliphatic heterocycles. The first kappa shape index (κ1) is 19.2. The van der Waals surface area contributed by atoms with Gasteiger partial charge in [0.15, 0.2) is 0 Å². The fourth-order valence-corrected chi connectivity index (χ4v) is 5.61. The maximum atomic E-state index is 12.8. The van der Waals surface area contributed by atoms with Crippen LogP contribution in [0.2, 0.25) is 0 Å². The Morgan fingerprint density at radius 3 is 2.44 bits per heavy atom. The van der Waals surface area contributed by atoms with E-state index in [1.54, 1.807) is 6.92 Å². The second-order valence-corrected chi connectivity index (χ2v) is 9.50. The largest absolute Gasteiger partial charge is 0.507 e. The Balaban J connectivity index is 2.01. The summed E-state index contributed by atoms with van der Waals surface area (Å²) in [7, 11) is -3.88. The smallest absolute Gasteiger partial charge is 0.339 e. The molecule has 0 fully saturated rings. The first-order valence-electron chi connectivity index (χ1n) is 8.22. The van der Waals surface area contributed by atoms with Crippen molar-refractivity contribution in [2.75, 3.05) is 4.72 Å². The molecular weight excluding hydrogens is 386 g/mol. The van der Waals surface area contributed by atoms with Crippen molar-refractivity contribution in [2.45, 2.75) is 30.9 Å². The van der Waals surface area contributed by atoms with Crippen molar-refractivity contribution >= 4 is 43.1 Å². The third-order valence-corrected chi connectivity index (χ3v) is 7.58. The van der Waals surface area contributed by atoms with Gasteiger partial charge in [-0.2, -0.15) is 0 Å². The molecule has 0 aliphatic carbocycles. The normalized spacial score (nSPS) is 11.9. The fraction of sp³-hybridized carbons (Fsp3) is 0.211. The summed E-state index contributed by atoms with van der Waals surface area (Å²) in [5.74, 6) is -1.46. The van der Waals surface area contributed by atoms with E-state index in [4.69, 9.17) is 5.11 Å². The molecule has 0 unspecified atom stereocenters. The van der Waals surface area contributed by atoms with E-state index >= 15 is 0 Å². The topological polar surface area (TPSA) is 104 Å². The lowest BCUT2D eigenvalue weighted by molar-refractivity contribution is 0.0694. The Kier molecular flexibility index (Phi) is 4.88. The van der Waals surface area contributed by atoms with E-state index in [0.29, 0.717) is 11.5 Å². The number of nitrogens with one attached hydrogen (secondary N) is 1. The van der Waals surface area contributed by atoms with Crippen LogP contribution >= 0.6 is 11.3 Å². The first-order chi connectivity index (χ1) is 12.6. The molecule has 8 heteroatoms. The summed E-state index contributed by atoms with van der Waals surface area (Å²) >= 11 is 1.18. The van der Waals surface area contributed by atoms with Gasteiger partial charge in [0.25, 0.3) is 10.0 Å². The van der Waals surface area contributed by atoms with Gasteiger partial charge in [0.1, 0.15) is 15.5 Å². The molecular formula is C19H19NO5S2. The van der Waals surface area contributed by atoms with Crippen molar-refractivity contribution in [2.24, 2.45) is 0 Å². The zero-order valence-electron chi connectivity index (χ0n) is 15.0. The third-order valence-electron chi connectivity index (χ3n) is 4.31. The van der Waals surface area contributed by atoms with Gasteiger partial charge in [-0.25, -0.2) is 13.2 Å². The van der Waals surface area contributed by atoms with Crippen LogP contribution in [0.4, 0.5) is 5.69 Å². The average molecular weight is 405 g/mol. The van der Waals surface area contributed by atoms with E-state index in [1.165, 1.54) is 17.4 Å². The van der Waals surface area contributed by atoms with Crippen molar-refractivity contribution in [1.29, 1.82) is 0 Å². The molecule has 0 atom stereocenters. The second kappa shape index (κ2) is 6.86. The molecule has 2 aromatic carbocycles. The van der Waals surface area contributed by atoms with Gasteiger partial charge in [0.2, 0.25) is 0 Å². The van der Waals surface area contributed by atoms with E-state index in [2.05, 4.69) is 18.6 Å². The fourth-order valence-electron chi connectivity index (χ4n) is 2.81. The Labute approximate surface area is 161 Å². The molecule has 0 saturated heterocycles. The summed E-state index contributed by atoms with van der Waals surface area (Å²) in [5.41, 5.74) is 1.60. The minimum absolute atomic E-state index is 0.0947. The number of carbonyl (C=O) groups is 1. The highest BCUT2D eigenvalue weighted by molar-refractivity contribution is 7.94. The third kappa shape index (κ3) is 3.63. The van der Waals surface area contributed by atoms with Crippen LogP contribution in [0.3, 0.4) is 0 Å². The molecule has 6 nitrogen and oxygen atoms in total. The van der Waals surface area contributed by atoms with Gasteiger partial charge < -0.3 is 10.2 Å². The summed E-state index contributed by atoms with van der Waals surface area (Å²) in [5, 5.41) is 19.6. The number of phenols is 1. The van der Waals surface area contributed by atoms with E-state index in [-0.39, 0.29) is 15.5 Å². The number of hydrogen-bond acceptors (Lipinski definition) is 5. The number of carboxylic acid groups (broad SMARTS) is 1. The molecule has 1 heterocycles. The molecule has 0 radical (unpaired) electrons. The predicted octanol–water partition coefficient (Wildman–Crippen LogP) is 4.54. The molecule has 0 amide bonds. The molecule has 3 aromatic rings. The molecule has 0 bridgehead atoms. The van der Waals surface area contributed by atoms with Crippen LogP contribution in [0.1, 0.15) is 41.3 Å². The number of benzene rings is 2. The van der Waals surface area contributed by atoms with Gasteiger partial charge >= 0.3 is 5.97 Å². The number of aromatic carboxylic acids is 1. The number of aryl methyl sites for hydroxylation is 1. The average Bonchev–Trinajstić information content (AvgIpc) is 2.91. The molecule has 27 heavy (non-hydrogen) atoms. The lowest BCUT2D eigenvalue weighted by atomic mass is 10.0. The zero-order chi connectivity index (χ0) is 19.9. The molecule has 142 valence electrons. The number of rotatable bonds is 5. The lowest BCUT2D eigenvalue weighted by Gasteiger charge is -2.09. The summed E-state index contributed by atoms with van der Waals surface area (Å²) in [4.78, 5) is 11.0. The highest BCUT2D eigenvalue weighted by Gasteiger charge is 2.23. The SMILES string of the molecule is Cc1c(S(=O)(=O)Nc2ccc(C(=O)O)c(O)c2)sc2ccc(C(C)C)cc12. The Bertz CT molecular complexity index is 1150. The van der Waals surface area contributed by atoms with E-state index in [0.717, 1.165) is 27.8 Å². The van der Waals surface area contributed by atoms with E-state index < -0.39 is 21.7 Å². The van der Waals surface area contributed by atoms with E-state index in [1.807, 2.05) is 18.2 Å². The molecule has 0 aliphatic rings. The van der Waals surface area contributed by atoms with Crippen LogP contribution in [0.15, 0.2) is 40.6 Å². The Morgan fingerprint density at radius 1 is 1.15 bits per heavy atom. The van der Waals surface area contributed by atoms with Gasteiger partial charge in [0.05, 0.1) is 5.69 Å². The quantitative estimate of drug-likeness (QED) is 0.578. The summed E-state index contributed by atoms with van der Waals surface area (Å²) in [6.45, 7) is 5.92. The van der Waals surface area contributed by atoms with E-state index in [9.17, 15) is 18.3 Å². The molecule has 1 aromatic heterocycles. The molecule has 3 rings (SSSR count). The Morgan fingerprint density at radius 2 is 1.85 bits per heavy atom. The number of aromatic hydroxyl groups is 1. The number of anilines is 1. The van der Waals surface area contributed by atoms with Gasteiger partial charge in [0, 0.05) is 10.8 Å². The highest BCUT2D eigenvalue weighted by atomic mass is 32.2. The summed E-state index contributed by atoms with van der Waals surface area (Å²) in [6.07, 6.45) is 0. The monoisotopic (exact) mass is 405 g/mol. The zero-order valence-corrected chi connectivity index (χ0v) is 16.6. The lowest BCUT2D eigenvalue weighted by Crippen LogP contribution is -2.12. The highest BCUT2D eigenvalue weighted by Crippen LogP contribution is 2.36. The molecule has 3 N–H and O–H groups in total. The number of hydrogen-bond donors (Lipinski definition) is 3. The van der Waals surface area contributed by atoms with Crippen LogP contribution in [-0.2, 0) is 10.0 Å². The number of fused-ring (bicyclic) bond motifs is 1. The van der Waals surface area contributed by atoms with Crippen molar-refractivity contribution in [3.8, 4) is 5.75 Å². The van der Waals surface area contributed by atoms with Crippen LogP contribution in [0.25, 0.3) is 10.1 Å². The predicted molar refractivity (Wildman–Crippen MR) is 107 cm³/mol. The van der Waals surface area contributed by atoms with Gasteiger partial charge in [-0.05, 0) is 53.6 Å². The van der Waals surface area contributed by atoms with Gasteiger partial charge in [-0.15, -0.1) is 11.3 Å². The minimum Gasteiger partial charge on any atom is -0.507 e. The minimum atomic E-state index is -3.88. The standard InChI is InChI=1S/C19H19NO5S2/c1-10(2)12-4-7-17-15(8-12)11(3)19(26-17)27(24,25)20-13-5-6-14(18(22)23)16(21)9-13/h4-10,20-21H,1-3H3,(H,22,23). The number of thiophene rings is 1.